The molecular weight excluding hydrogens is 360 g/mol. The van der Waals surface area contributed by atoms with Gasteiger partial charge in [-0.15, -0.1) is 0 Å². The summed E-state index contributed by atoms with van der Waals surface area (Å²) in [6, 6.07) is 7.41. The molecule has 4 nitrogen and oxygen atoms in total. The summed E-state index contributed by atoms with van der Waals surface area (Å²) in [7, 11) is 0. The van der Waals surface area contributed by atoms with Gasteiger partial charge in [-0.3, -0.25) is 4.68 Å². The molecule has 0 aliphatic rings. The Kier molecular flexibility index (Phi) is 5.39. The normalized spacial score (nSPS) is 10.3. The van der Waals surface area contributed by atoms with Crippen LogP contribution in [0.4, 0.5) is 5.69 Å². The summed E-state index contributed by atoms with van der Waals surface area (Å²) in [5, 5.41) is 11.8. The van der Waals surface area contributed by atoms with Crippen molar-refractivity contribution in [2.75, 3.05) is 5.32 Å². The number of benzene rings is 1. The average molecular weight is 374 g/mol. The Hall–Kier alpha value is -1.11. The fourth-order valence-corrected chi connectivity index (χ4v) is 2.46. The number of hydrogen-bond donors (Lipinski definition) is 2. The Bertz CT molecular complexity index is 614. The zero-order valence-electron chi connectivity index (χ0n) is 10.9. The van der Waals surface area contributed by atoms with E-state index in [0.29, 0.717) is 16.7 Å². The molecule has 2 rings (SSSR count). The van der Waals surface area contributed by atoms with Crippen molar-refractivity contribution in [3.05, 3.63) is 45.7 Å². The first-order valence-electron chi connectivity index (χ1n) is 6.10. The van der Waals surface area contributed by atoms with Crippen LogP contribution in [-0.4, -0.2) is 14.9 Å². The van der Waals surface area contributed by atoms with E-state index in [1.54, 1.807) is 0 Å². The van der Waals surface area contributed by atoms with Gasteiger partial charge in [0.25, 0.3) is 0 Å². The van der Waals surface area contributed by atoms with E-state index >= 15 is 0 Å². The van der Waals surface area contributed by atoms with Gasteiger partial charge in [0.05, 0.1) is 16.7 Å². The number of halogens is 2. The molecule has 0 bridgehead atoms. The lowest BCUT2D eigenvalue weighted by atomic mass is 10.3. The maximum Gasteiger partial charge on any atom is 0.171 e. The molecule has 0 spiro atoms. The predicted molar refractivity (Wildman–Crippen MR) is 90.1 cm³/mol. The lowest BCUT2D eigenvalue weighted by molar-refractivity contribution is 0.643. The largest absolute Gasteiger partial charge is 0.357 e. The van der Waals surface area contributed by atoms with Gasteiger partial charge in [-0.1, -0.05) is 17.7 Å². The Morgan fingerprint density at radius 2 is 2.30 bits per heavy atom. The van der Waals surface area contributed by atoms with E-state index in [2.05, 4.69) is 31.7 Å². The lowest BCUT2D eigenvalue weighted by Gasteiger charge is -2.09. The number of nitrogens with one attached hydrogen (secondary N) is 2. The molecule has 20 heavy (non-hydrogen) atoms. The highest BCUT2D eigenvalue weighted by atomic mass is 79.9. The maximum atomic E-state index is 5.92. The summed E-state index contributed by atoms with van der Waals surface area (Å²) in [6.45, 7) is 3.44. The molecule has 0 aliphatic heterocycles. The van der Waals surface area contributed by atoms with Gasteiger partial charge < -0.3 is 10.6 Å². The fraction of sp³-hybridized carbons (Fsp3) is 0.231. The number of aromatic nitrogens is 2. The van der Waals surface area contributed by atoms with Crippen LogP contribution in [0, 0.1) is 0 Å². The highest BCUT2D eigenvalue weighted by molar-refractivity contribution is 9.10. The van der Waals surface area contributed by atoms with Crippen LogP contribution in [0.25, 0.3) is 0 Å². The van der Waals surface area contributed by atoms with E-state index < -0.39 is 0 Å². The molecule has 1 aromatic heterocycles. The van der Waals surface area contributed by atoms with Crippen LogP contribution in [0.1, 0.15) is 12.6 Å². The van der Waals surface area contributed by atoms with E-state index in [1.807, 2.05) is 42.1 Å². The smallest absolute Gasteiger partial charge is 0.171 e. The van der Waals surface area contributed by atoms with E-state index in [9.17, 15) is 0 Å². The molecule has 1 aromatic carbocycles. The van der Waals surface area contributed by atoms with Crippen molar-refractivity contribution in [3.63, 3.8) is 0 Å². The minimum Gasteiger partial charge on any atom is -0.357 e. The Morgan fingerprint density at radius 1 is 1.50 bits per heavy atom. The summed E-state index contributed by atoms with van der Waals surface area (Å²) in [4.78, 5) is 0. The van der Waals surface area contributed by atoms with Gasteiger partial charge in [-0.05, 0) is 53.3 Å². The first-order valence-corrected chi connectivity index (χ1v) is 7.68. The van der Waals surface area contributed by atoms with Gasteiger partial charge in [0, 0.05) is 23.5 Å². The zero-order chi connectivity index (χ0) is 14.5. The minimum atomic E-state index is 0.533. The molecule has 0 aliphatic carbocycles. The van der Waals surface area contributed by atoms with Gasteiger partial charge in [-0.2, -0.15) is 5.10 Å². The van der Waals surface area contributed by atoms with Crippen molar-refractivity contribution in [2.45, 2.75) is 20.0 Å². The van der Waals surface area contributed by atoms with Crippen LogP contribution in [0.2, 0.25) is 5.02 Å². The van der Waals surface area contributed by atoms with Crippen molar-refractivity contribution >= 4 is 50.5 Å². The molecular formula is C13H14BrClN4S. The third kappa shape index (κ3) is 4.19. The van der Waals surface area contributed by atoms with Crippen molar-refractivity contribution in [2.24, 2.45) is 0 Å². The topological polar surface area (TPSA) is 41.9 Å². The molecule has 2 aromatic rings. The zero-order valence-corrected chi connectivity index (χ0v) is 14.0. The van der Waals surface area contributed by atoms with Crippen molar-refractivity contribution in [1.29, 1.82) is 0 Å². The second-order valence-corrected chi connectivity index (χ2v) is 5.80. The molecule has 0 unspecified atom stereocenters. The number of aryl methyl sites for hydroxylation is 1. The third-order valence-electron chi connectivity index (χ3n) is 2.61. The fourth-order valence-electron chi connectivity index (χ4n) is 1.62. The van der Waals surface area contributed by atoms with Gasteiger partial charge in [0.1, 0.15) is 0 Å². The monoisotopic (exact) mass is 372 g/mol. The van der Waals surface area contributed by atoms with Gasteiger partial charge in [-0.25, -0.2) is 0 Å². The number of thiocarbonyl (C=S) groups is 1. The van der Waals surface area contributed by atoms with Crippen molar-refractivity contribution in [1.82, 2.24) is 15.1 Å². The molecule has 0 radical (unpaired) electrons. The predicted octanol–water partition coefficient (Wildman–Crippen LogP) is 3.81. The molecule has 7 heteroatoms. The van der Waals surface area contributed by atoms with Crippen molar-refractivity contribution in [3.8, 4) is 0 Å². The van der Waals surface area contributed by atoms with Crippen LogP contribution in [0.15, 0.2) is 34.9 Å². The average Bonchev–Trinajstić information content (AvgIpc) is 2.77. The van der Waals surface area contributed by atoms with Crippen molar-refractivity contribution < 1.29 is 0 Å². The molecule has 0 amide bonds. The summed E-state index contributed by atoms with van der Waals surface area (Å²) >= 11 is 14.6. The molecule has 106 valence electrons. The van der Waals surface area contributed by atoms with E-state index in [1.165, 1.54) is 0 Å². The Morgan fingerprint density at radius 3 is 2.95 bits per heavy atom. The molecule has 2 N–H and O–H groups in total. The third-order valence-corrected chi connectivity index (χ3v) is 3.75. The SMILES string of the molecule is CCn1cc(Br)c(CNC(=S)Nc2cccc(Cl)c2)n1. The molecule has 1 heterocycles. The van der Waals surface area contributed by atoms with Crippen LogP contribution >= 0.6 is 39.7 Å². The minimum absolute atomic E-state index is 0.533. The van der Waals surface area contributed by atoms with Crippen LogP contribution < -0.4 is 10.6 Å². The molecule has 0 atom stereocenters. The van der Waals surface area contributed by atoms with Crippen LogP contribution in [0.5, 0.6) is 0 Å². The van der Waals surface area contributed by atoms with Crippen LogP contribution in [0.3, 0.4) is 0 Å². The highest BCUT2D eigenvalue weighted by Gasteiger charge is 2.06. The summed E-state index contributed by atoms with van der Waals surface area (Å²) in [6.07, 6.45) is 1.95. The lowest BCUT2D eigenvalue weighted by Crippen LogP contribution is -2.28. The quantitative estimate of drug-likeness (QED) is 0.800. The number of anilines is 1. The maximum absolute atomic E-state index is 5.92. The summed E-state index contributed by atoms with van der Waals surface area (Å²) in [5.41, 5.74) is 1.77. The number of rotatable bonds is 4. The van der Waals surface area contributed by atoms with Gasteiger partial charge >= 0.3 is 0 Å². The molecule has 0 fully saturated rings. The Balaban J connectivity index is 1.90. The standard InChI is InChI=1S/C13H14BrClN4S/c1-2-19-8-11(14)12(18-19)7-16-13(20)17-10-5-3-4-9(15)6-10/h3-6,8H,2,7H2,1H3,(H2,16,17,20). The first-order chi connectivity index (χ1) is 9.58. The van der Waals surface area contributed by atoms with Crippen LogP contribution in [-0.2, 0) is 13.1 Å². The van der Waals surface area contributed by atoms with Gasteiger partial charge in [0.15, 0.2) is 5.11 Å². The van der Waals surface area contributed by atoms with E-state index in [-0.39, 0.29) is 0 Å². The second-order valence-electron chi connectivity index (χ2n) is 4.10. The van der Waals surface area contributed by atoms with E-state index in [0.717, 1.165) is 22.4 Å². The Labute approximate surface area is 136 Å². The molecule has 0 saturated carbocycles. The first kappa shape index (κ1) is 15.3. The van der Waals surface area contributed by atoms with Gasteiger partial charge in [0.2, 0.25) is 0 Å². The number of hydrogen-bond acceptors (Lipinski definition) is 2. The molecule has 0 saturated heterocycles. The highest BCUT2D eigenvalue weighted by Crippen LogP contribution is 2.16. The summed E-state index contributed by atoms with van der Waals surface area (Å²) in [5.74, 6) is 0. The van der Waals surface area contributed by atoms with E-state index in [4.69, 9.17) is 23.8 Å². The summed E-state index contributed by atoms with van der Waals surface area (Å²) < 4.78 is 2.84. The second kappa shape index (κ2) is 7.06. The number of nitrogens with zero attached hydrogens (tertiary/aromatic N) is 2.